The average molecular weight is 261 g/mol. The van der Waals surface area contributed by atoms with E-state index in [4.69, 9.17) is 17.0 Å². The van der Waals surface area contributed by atoms with Crippen LogP contribution in [0.4, 0.5) is 0 Å². The molecule has 2 aromatic heterocycles. The highest BCUT2D eigenvalue weighted by Crippen LogP contribution is 2.21. The van der Waals surface area contributed by atoms with E-state index in [9.17, 15) is 0 Å². The zero-order valence-electron chi connectivity index (χ0n) is 10.4. The largest absolute Gasteiger partial charge is 0.492 e. The minimum absolute atomic E-state index is 0.570. The van der Waals surface area contributed by atoms with Crippen LogP contribution in [0.1, 0.15) is 19.2 Å². The van der Waals surface area contributed by atoms with Gasteiger partial charge in [-0.1, -0.05) is 19.1 Å². The topological polar surface area (TPSA) is 50.8 Å². The summed E-state index contributed by atoms with van der Waals surface area (Å²) in [5.41, 5.74) is 1.85. The van der Waals surface area contributed by atoms with Crippen LogP contribution in [0.3, 0.4) is 0 Å². The van der Waals surface area contributed by atoms with Gasteiger partial charge in [-0.15, -0.1) is 0 Å². The zero-order valence-corrected chi connectivity index (χ0v) is 11.3. The number of nitrogens with one attached hydrogen (secondary N) is 1. The Bertz CT molecular complexity index is 595. The zero-order chi connectivity index (χ0) is 13.0. The van der Waals surface area contributed by atoms with Gasteiger partial charge in [-0.05, 0) is 25.5 Å². The Morgan fingerprint density at radius 1 is 1.33 bits per heavy atom. The third-order valence-corrected chi connectivity index (χ3v) is 2.57. The molecule has 0 aromatic carbocycles. The van der Waals surface area contributed by atoms with Crippen molar-refractivity contribution in [2.45, 2.75) is 20.3 Å². The highest BCUT2D eigenvalue weighted by molar-refractivity contribution is 7.71. The molecule has 0 aliphatic rings. The normalized spacial score (nSPS) is 10.3. The summed E-state index contributed by atoms with van der Waals surface area (Å²) in [6.45, 7) is 4.64. The van der Waals surface area contributed by atoms with E-state index in [1.807, 2.05) is 19.1 Å². The van der Waals surface area contributed by atoms with Gasteiger partial charge in [0, 0.05) is 11.8 Å². The van der Waals surface area contributed by atoms with E-state index in [1.54, 1.807) is 12.4 Å². The molecule has 0 bridgehead atoms. The van der Waals surface area contributed by atoms with Crippen molar-refractivity contribution in [1.29, 1.82) is 0 Å². The predicted molar refractivity (Wildman–Crippen MR) is 73.2 cm³/mol. The molecule has 0 spiro atoms. The summed E-state index contributed by atoms with van der Waals surface area (Å²) in [4.78, 5) is 11.5. The Kier molecular flexibility index (Phi) is 4.04. The molecule has 0 fully saturated rings. The first-order valence-electron chi connectivity index (χ1n) is 5.85. The number of rotatable bonds is 4. The maximum atomic E-state index is 5.56. The second-order valence-corrected chi connectivity index (χ2v) is 4.39. The molecule has 18 heavy (non-hydrogen) atoms. The Labute approximate surface area is 111 Å². The van der Waals surface area contributed by atoms with Gasteiger partial charge in [-0.25, -0.2) is 4.98 Å². The van der Waals surface area contributed by atoms with Crippen LogP contribution in [0.2, 0.25) is 0 Å². The molecule has 0 unspecified atom stereocenters. The molecule has 2 heterocycles. The number of aromatic amines is 1. The van der Waals surface area contributed by atoms with Gasteiger partial charge in [0.25, 0.3) is 0 Å². The van der Waals surface area contributed by atoms with Crippen molar-refractivity contribution < 1.29 is 4.74 Å². The maximum Gasteiger partial charge on any atom is 0.138 e. The Balaban J connectivity index is 2.35. The van der Waals surface area contributed by atoms with Crippen LogP contribution in [0.15, 0.2) is 24.5 Å². The molecule has 4 nitrogen and oxygen atoms in total. The van der Waals surface area contributed by atoms with Crippen molar-refractivity contribution in [2.75, 3.05) is 6.61 Å². The summed E-state index contributed by atoms with van der Waals surface area (Å²) in [7, 11) is 0. The molecule has 2 rings (SSSR count). The molecule has 2 aromatic rings. The summed E-state index contributed by atoms with van der Waals surface area (Å²) in [6, 6.07) is 3.77. The Morgan fingerprint density at radius 2 is 2.17 bits per heavy atom. The van der Waals surface area contributed by atoms with Crippen LogP contribution >= 0.6 is 12.2 Å². The van der Waals surface area contributed by atoms with Gasteiger partial charge in [0.15, 0.2) is 0 Å². The van der Waals surface area contributed by atoms with Crippen LogP contribution in [-0.2, 0) is 0 Å². The maximum absolute atomic E-state index is 5.56. The van der Waals surface area contributed by atoms with Crippen LogP contribution in [0, 0.1) is 11.6 Å². The molecule has 0 atom stereocenters. The lowest BCUT2D eigenvalue weighted by molar-refractivity contribution is 0.316. The van der Waals surface area contributed by atoms with Crippen LogP contribution in [0.25, 0.3) is 11.3 Å². The smallest absolute Gasteiger partial charge is 0.138 e. The lowest BCUT2D eigenvalue weighted by Gasteiger charge is -2.07. The van der Waals surface area contributed by atoms with E-state index in [2.05, 4.69) is 21.9 Å². The molecule has 0 aliphatic carbocycles. The highest BCUT2D eigenvalue weighted by atomic mass is 32.1. The van der Waals surface area contributed by atoms with E-state index < -0.39 is 0 Å². The van der Waals surface area contributed by atoms with Gasteiger partial charge in [0.05, 0.1) is 18.5 Å². The van der Waals surface area contributed by atoms with Crippen molar-refractivity contribution in [1.82, 2.24) is 15.0 Å². The van der Waals surface area contributed by atoms with E-state index in [0.29, 0.717) is 11.2 Å². The summed E-state index contributed by atoms with van der Waals surface area (Å²) < 4.78 is 6.13. The molecule has 0 aliphatic heterocycles. The monoisotopic (exact) mass is 261 g/mol. The molecule has 0 radical (unpaired) electrons. The van der Waals surface area contributed by atoms with Crippen LogP contribution < -0.4 is 4.74 Å². The fraction of sp³-hybridized carbons (Fsp3) is 0.308. The first kappa shape index (κ1) is 12.7. The number of nitrogens with zero attached hydrogens (tertiary/aromatic N) is 2. The predicted octanol–water partition coefficient (Wildman–Crippen LogP) is 3.30. The van der Waals surface area contributed by atoms with Gasteiger partial charge in [-0.2, -0.15) is 0 Å². The molecule has 0 saturated carbocycles. The van der Waals surface area contributed by atoms with Crippen LogP contribution in [0.5, 0.6) is 5.75 Å². The third kappa shape index (κ3) is 3.13. The number of ether oxygens (including phenoxy) is 1. The Morgan fingerprint density at radius 3 is 2.89 bits per heavy atom. The van der Waals surface area contributed by atoms with Crippen molar-refractivity contribution in [3.05, 3.63) is 35.0 Å². The SMILES string of the molecule is CCCOc1cncc(-c2cc(=S)nc(C)[nH]2)c1. The highest BCUT2D eigenvalue weighted by Gasteiger charge is 2.02. The quantitative estimate of drug-likeness (QED) is 0.858. The van der Waals surface area contributed by atoms with Gasteiger partial charge < -0.3 is 9.72 Å². The standard InChI is InChI=1S/C13H15N3OS/c1-3-4-17-11-5-10(7-14-8-11)12-6-13(18)16-9(2)15-12/h5-8H,3-4H2,1-2H3,(H,15,16,18). The Hall–Kier alpha value is -1.75. The van der Waals surface area contributed by atoms with Crippen molar-refractivity contribution >= 4 is 12.2 Å². The van der Waals surface area contributed by atoms with E-state index in [1.165, 1.54) is 0 Å². The number of aryl methyl sites for hydroxylation is 1. The van der Waals surface area contributed by atoms with Crippen LogP contribution in [-0.4, -0.2) is 21.6 Å². The lowest BCUT2D eigenvalue weighted by atomic mass is 10.2. The first-order chi connectivity index (χ1) is 8.69. The molecular formula is C13H15N3OS. The number of pyridine rings is 1. The van der Waals surface area contributed by atoms with Gasteiger partial charge >= 0.3 is 0 Å². The second-order valence-electron chi connectivity index (χ2n) is 3.98. The fourth-order valence-electron chi connectivity index (χ4n) is 1.60. The molecule has 0 amide bonds. The second kappa shape index (κ2) is 5.73. The molecule has 94 valence electrons. The first-order valence-corrected chi connectivity index (χ1v) is 6.26. The minimum Gasteiger partial charge on any atom is -0.492 e. The molecule has 0 saturated heterocycles. The van der Waals surface area contributed by atoms with Crippen molar-refractivity contribution in [3.8, 4) is 17.0 Å². The summed E-state index contributed by atoms with van der Waals surface area (Å²) in [5, 5.41) is 0. The molecular weight excluding hydrogens is 246 g/mol. The number of H-pyrrole nitrogens is 1. The van der Waals surface area contributed by atoms with E-state index >= 15 is 0 Å². The lowest BCUT2D eigenvalue weighted by Crippen LogP contribution is -1.97. The molecule has 5 heteroatoms. The molecule has 1 N–H and O–H groups in total. The third-order valence-electron chi connectivity index (χ3n) is 2.36. The fourth-order valence-corrected chi connectivity index (χ4v) is 1.86. The van der Waals surface area contributed by atoms with Crippen molar-refractivity contribution in [3.63, 3.8) is 0 Å². The van der Waals surface area contributed by atoms with E-state index in [0.717, 1.165) is 29.3 Å². The summed E-state index contributed by atoms with van der Waals surface area (Å²) >= 11 is 5.11. The summed E-state index contributed by atoms with van der Waals surface area (Å²) in [6.07, 6.45) is 4.46. The van der Waals surface area contributed by atoms with Gasteiger partial charge in [0.1, 0.15) is 16.2 Å². The number of aromatic nitrogens is 3. The average Bonchev–Trinajstić information content (AvgIpc) is 2.35. The minimum atomic E-state index is 0.570. The van der Waals surface area contributed by atoms with Gasteiger partial charge in [0.2, 0.25) is 0 Å². The summed E-state index contributed by atoms with van der Waals surface area (Å²) in [5.74, 6) is 1.56. The number of hydrogen-bond donors (Lipinski definition) is 1. The number of hydrogen-bond acceptors (Lipinski definition) is 4. The van der Waals surface area contributed by atoms with Crippen molar-refractivity contribution in [2.24, 2.45) is 0 Å². The van der Waals surface area contributed by atoms with E-state index in [-0.39, 0.29) is 0 Å². The van der Waals surface area contributed by atoms with Gasteiger partial charge in [-0.3, -0.25) is 4.98 Å².